The van der Waals surface area contributed by atoms with Crippen LogP contribution in [0.15, 0.2) is 53.6 Å². The summed E-state index contributed by atoms with van der Waals surface area (Å²) >= 11 is 0. The molecule has 0 saturated heterocycles. The van der Waals surface area contributed by atoms with Crippen molar-refractivity contribution < 1.29 is 19.4 Å². The number of hydrazone groups is 1. The zero-order valence-corrected chi connectivity index (χ0v) is 16.8. The second-order valence-electron chi connectivity index (χ2n) is 8.25. The number of nitrogens with one attached hydrogen (secondary N) is 1. The summed E-state index contributed by atoms with van der Waals surface area (Å²) in [4.78, 5) is 22.9. The van der Waals surface area contributed by atoms with Gasteiger partial charge < -0.3 is 14.6 Å². The number of aliphatic carboxylic acids is 1. The number of hydrogen-bond donors (Lipinski definition) is 1. The highest BCUT2D eigenvalue weighted by atomic mass is 16.5. The van der Waals surface area contributed by atoms with E-state index in [1.807, 2.05) is 0 Å². The maximum absolute atomic E-state index is 12.4. The number of carbonyl (C=O) groups is 2. The number of nitrogens with zero attached hydrogens (tertiary/aromatic N) is 1. The van der Waals surface area contributed by atoms with Gasteiger partial charge >= 0.3 is 0 Å². The number of amides is 1. The van der Waals surface area contributed by atoms with E-state index in [1.165, 1.54) is 17.3 Å². The highest BCUT2D eigenvalue weighted by Gasteiger charge is 2.44. The molecule has 152 valence electrons. The van der Waals surface area contributed by atoms with Crippen LogP contribution in [0.2, 0.25) is 0 Å². The van der Waals surface area contributed by atoms with Crippen molar-refractivity contribution in [1.82, 2.24) is 5.43 Å². The highest BCUT2D eigenvalue weighted by Crippen LogP contribution is 2.47. The Hall–Kier alpha value is -3.15. The molecule has 3 rings (SSSR count). The van der Waals surface area contributed by atoms with Crippen molar-refractivity contribution >= 4 is 18.1 Å². The van der Waals surface area contributed by atoms with Crippen molar-refractivity contribution in [2.45, 2.75) is 38.5 Å². The van der Waals surface area contributed by atoms with Gasteiger partial charge in [0, 0.05) is 11.5 Å². The molecular weight excluding hydrogens is 368 g/mol. The number of benzene rings is 2. The second-order valence-corrected chi connectivity index (χ2v) is 8.25. The van der Waals surface area contributed by atoms with Gasteiger partial charge in [-0.05, 0) is 41.0 Å². The molecule has 1 saturated carbocycles. The SMILES string of the molecule is CC(C)(C)c1ccc([C@@H]2C[C@H]2C(=O)N/N=C\c2ccccc2OCC(=O)[O-])cc1. The summed E-state index contributed by atoms with van der Waals surface area (Å²) in [6, 6.07) is 15.3. The first-order valence-corrected chi connectivity index (χ1v) is 9.61. The van der Waals surface area contributed by atoms with Crippen LogP contribution in [0.1, 0.15) is 49.8 Å². The number of hydrogen-bond acceptors (Lipinski definition) is 5. The average molecular weight is 393 g/mol. The van der Waals surface area contributed by atoms with E-state index in [-0.39, 0.29) is 23.2 Å². The van der Waals surface area contributed by atoms with Gasteiger partial charge in [-0.15, -0.1) is 0 Å². The van der Waals surface area contributed by atoms with Gasteiger partial charge in [0.15, 0.2) is 0 Å². The summed E-state index contributed by atoms with van der Waals surface area (Å²) in [6.07, 6.45) is 2.25. The minimum Gasteiger partial charge on any atom is -0.546 e. The van der Waals surface area contributed by atoms with Crippen LogP contribution in [0.25, 0.3) is 0 Å². The van der Waals surface area contributed by atoms with Gasteiger partial charge in [0.1, 0.15) is 12.4 Å². The minimum atomic E-state index is -1.31. The van der Waals surface area contributed by atoms with Crippen molar-refractivity contribution in [3.63, 3.8) is 0 Å². The third-order valence-electron chi connectivity index (χ3n) is 4.97. The lowest BCUT2D eigenvalue weighted by molar-refractivity contribution is -0.307. The minimum absolute atomic E-state index is 0.0859. The van der Waals surface area contributed by atoms with E-state index < -0.39 is 12.6 Å². The van der Waals surface area contributed by atoms with Crippen LogP contribution in [0.4, 0.5) is 0 Å². The molecule has 0 aromatic heterocycles. The fourth-order valence-electron chi connectivity index (χ4n) is 3.19. The summed E-state index contributed by atoms with van der Waals surface area (Å²) in [6.45, 7) is 5.98. The van der Waals surface area contributed by atoms with Crippen LogP contribution in [0.3, 0.4) is 0 Å². The lowest BCUT2D eigenvalue weighted by Gasteiger charge is -2.19. The Bertz CT molecular complexity index is 913. The molecule has 0 spiro atoms. The smallest absolute Gasteiger partial charge is 0.243 e. The standard InChI is InChI=1S/C23H26N2O4/c1-23(2,3)17-10-8-15(9-11-17)18-12-19(18)22(28)25-24-13-16-6-4-5-7-20(16)29-14-21(26)27/h4-11,13,18-19H,12,14H2,1-3H3,(H,25,28)(H,26,27)/p-1/b24-13-/t18-,19+/m0/s1. The topological polar surface area (TPSA) is 90.8 Å². The first-order valence-electron chi connectivity index (χ1n) is 9.61. The van der Waals surface area contributed by atoms with Crippen LogP contribution < -0.4 is 15.3 Å². The van der Waals surface area contributed by atoms with Crippen molar-refractivity contribution in [3.8, 4) is 5.75 Å². The second kappa shape index (κ2) is 8.47. The molecule has 0 radical (unpaired) electrons. The molecule has 6 nitrogen and oxygen atoms in total. The van der Waals surface area contributed by atoms with Crippen LogP contribution in [-0.4, -0.2) is 24.7 Å². The van der Waals surface area contributed by atoms with E-state index in [1.54, 1.807) is 24.3 Å². The van der Waals surface area contributed by atoms with Gasteiger partial charge in [-0.1, -0.05) is 57.2 Å². The zero-order chi connectivity index (χ0) is 21.0. The van der Waals surface area contributed by atoms with Crippen LogP contribution >= 0.6 is 0 Å². The van der Waals surface area contributed by atoms with Crippen LogP contribution in [-0.2, 0) is 15.0 Å². The summed E-state index contributed by atoms with van der Waals surface area (Å²) in [5.74, 6) is -0.937. The first kappa shape index (κ1) is 20.6. The Kier molecular flexibility index (Phi) is 6.01. The van der Waals surface area contributed by atoms with E-state index >= 15 is 0 Å². The monoisotopic (exact) mass is 393 g/mol. The molecule has 0 aliphatic heterocycles. The fourth-order valence-corrected chi connectivity index (χ4v) is 3.19. The molecule has 29 heavy (non-hydrogen) atoms. The fraction of sp³-hybridized carbons (Fsp3) is 0.348. The Balaban J connectivity index is 1.55. The Morgan fingerprint density at radius 3 is 2.52 bits per heavy atom. The van der Waals surface area contributed by atoms with Crippen molar-refractivity contribution in [2.75, 3.05) is 6.61 Å². The summed E-state index contributed by atoms with van der Waals surface area (Å²) in [5.41, 5.74) is 5.68. The zero-order valence-electron chi connectivity index (χ0n) is 16.8. The Labute approximate surface area is 170 Å². The Morgan fingerprint density at radius 1 is 1.17 bits per heavy atom. The third kappa shape index (κ3) is 5.44. The van der Waals surface area contributed by atoms with Crippen LogP contribution in [0, 0.1) is 5.92 Å². The lowest BCUT2D eigenvalue weighted by atomic mass is 9.86. The van der Waals surface area contributed by atoms with Crippen LogP contribution in [0.5, 0.6) is 5.75 Å². The van der Waals surface area contributed by atoms with E-state index in [9.17, 15) is 14.7 Å². The molecule has 0 heterocycles. The van der Waals surface area contributed by atoms with Gasteiger partial charge in [0.25, 0.3) is 0 Å². The Morgan fingerprint density at radius 2 is 1.86 bits per heavy atom. The highest BCUT2D eigenvalue weighted by molar-refractivity contribution is 5.87. The number of para-hydroxylation sites is 1. The number of carboxylic acid groups (broad SMARTS) is 1. The van der Waals surface area contributed by atoms with E-state index in [2.05, 4.69) is 55.6 Å². The molecular formula is C23H25N2O4-. The normalized spacial score (nSPS) is 18.4. The molecule has 1 N–H and O–H groups in total. The summed E-state index contributed by atoms with van der Waals surface area (Å²) in [5, 5.41) is 14.6. The summed E-state index contributed by atoms with van der Waals surface area (Å²) < 4.78 is 5.16. The molecule has 2 aromatic carbocycles. The molecule has 1 aliphatic carbocycles. The van der Waals surface area contributed by atoms with Crippen molar-refractivity contribution in [1.29, 1.82) is 0 Å². The molecule has 6 heteroatoms. The quantitative estimate of drug-likeness (QED) is 0.578. The molecule has 2 atom stereocenters. The van der Waals surface area contributed by atoms with Gasteiger partial charge in [-0.25, -0.2) is 5.43 Å². The van der Waals surface area contributed by atoms with Crippen molar-refractivity contribution in [2.24, 2.45) is 11.0 Å². The number of carboxylic acids is 1. The molecule has 2 aromatic rings. The molecule has 1 fully saturated rings. The molecule has 1 amide bonds. The van der Waals surface area contributed by atoms with Gasteiger partial charge in [0.05, 0.1) is 12.2 Å². The van der Waals surface area contributed by atoms with E-state index in [0.717, 1.165) is 6.42 Å². The average Bonchev–Trinajstić information content (AvgIpc) is 3.47. The maximum atomic E-state index is 12.4. The van der Waals surface area contributed by atoms with Gasteiger partial charge in [-0.3, -0.25) is 4.79 Å². The van der Waals surface area contributed by atoms with Gasteiger partial charge in [-0.2, -0.15) is 5.10 Å². The predicted molar refractivity (Wildman–Crippen MR) is 109 cm³/mol. The molecule has 0 unspecified atom stereocenters. The van der Waals surface area contributed by atoms with E-state index in [0.29, 0.717) is 11.3 Å². The maximum Gasteiger partial charge on any atom is 0.243 e. The van der Waals surface area contributed by atoms with Gasteiger partial charge in [0.2, 0.25) is 5.91 Å². The largest absolute Gasteiger partial charge is 0.546 e. The van der Waals surface area contributed by atoms with E-state index in [4.69, 9.17) is 4.74 Å². The number of carbonyl (C=O) groups excluding carboxylic acids is 2. The first-order chi connectivity index (χ1) is 13.8. The molecule has 1 aliphatic rings. The van der Waals surface area contributed by atoms with Crippen molar-refractivity contribution in [3.05, 3.63) is 65.2 Å². The number of rotatable bonds is 7. The third-order valence-corrected chi connectivity index (χ3v) is 4.97. The number of ether oxygens (including phenoxy) is 1. The lowest BCUT2D eigenvalue weighted by Crippen LogP contribution is -2.29. The molecule has 0 bridgehead atoms. The summed E-state index contributed by atoms with van der Waals surface area (Å²) in [7, 11) is 0. The predicted octanol–water partition coefficient (Wildman–Crippen LogP) is 2.37.